The van der Waals surface area contributed by atoms with Crippen molar-refractivity contribution in [3.8, 4) is 0 Å². The topological polar surface area (TPSA) is 52.7 Å². The maximum Gasteiger partial charge on any atom is 0.257 e. The fraction of sp³-hybridized carbons (Fsp3) is 0.371. The van der Waals surface area contributed by atoms with Crippen LogP contribution in [-0.2, 0) is 17.8 Å². The standard InChI is InChI=1S/C35H37ClFN3O2/c1-22-10-13-25-16-17-27(20-29(22)25)38-34(41)28-7-4-19-40(35(42)32-23(2)6-3-8-30(32)37)33(28)26-14-11-24(12-15-26)21-39-18-5-9-31(39)36/h3,6,8,10-12,14-17,20,28,31,33H,4-5,7,9,13,18-19,21H2,1-2H3,(H,38,41)/t28-,31?,33-/m0/s1. The van der Waals surface area contributed by atoms with Crippen molar-refractivity contribution in [3.05, 3.63) is 106 Å². The smallest absolute Gasteiger partial charge is 0.257 e. The molecule has 0 saturated carbocycles. The highest BCUT2D eigenvalue weighted by Crippen LogP contribution is 2.39. The first-order chi connectivity index (χ1) is 20.3. The zero-order valence-corrected chi connectivity index (χ0v) is 25.0. The molecule has 1 aliphatic carbocycles. The first-order valence-electron chi connectivity index (χ1n) is 14.9. The van der Waals surface area contributed by atoms with Gasteiger partial charge in [-0.2, -0.15) is 0 Å². The van der Waals surface area contributed by atoms with Crippen molar-refractivity contribution >= 4 is 34.7 Å². The number of aryl methyl sites for hydroxylation is 1. The summed E-state index contributed by atoms with van der Waals surface area (Å²) in [6.45, 7) is 6.02. The maximum atomic E-state index is 15.0. The fourth-order valence-corrected chi connectivity index (χ4v) is 7.10. The van der Waals surface area contributed by atoms with Crippen LogP contribution in [0.1, 0.15) is 76.8 Å². The highest BCUT2D eigenvalue weighted by molar-refractivity contribution is 6.20. The Bertz CT molecular complexity index is 1520. The van der Waals surface area contributed by atoms with Crippen LogP contribution in [0.5, 0.6) is 0 Å². The number of piperidine rings is 1. The monoisotopic (exact) mass is 585 g/mol. The number of amides is 2. The number of carbonyl (C=O) groups excluding carboxylic acids is 2. The van der Waals surface area contributed by atoms with E-state index in [1.54, 1.807) is 24.0 Å². The molecule has 42 heavy (non-hydrogen) atoms. The van der Waals surface area contributed by atoms with Gasteiger partial charge in [0.05, 0.1) is 23.0 Å². The van der Waals surface area contributed by atoms with Crippen molar-refractivity contribution < 1.29 is 14.0 Å². The van der Waals surface area contributed by atoms with Crippen molar-refractivity contribution in [1.29, 1.82) is 0 Å². The van der Waals surface area contributed by atoms with E-state index in [1.165, 1.54) is 17.2 Å². The molecule has 0 bridgehead atoms. The van der Waals surface area contributed by atoms with Crippen LogP contribution >= 0.6 is 11.6 Å². The summed E-state index contributed by atoms with van der Waals surface area (Å²) in [6, 6.07) is 18.4. The molecule has 5 nitrogen and oxygen atoms in total. The van der Waals surface area contributed by atoms with Crippen molar-refractivity contribution in [2.45, 2.75) is 64.0 Å². The zero-order valence-electron chi connectivity index (χ0n) is 24.2. The molecule has 2 amide bonds. The third kappa shape index (κ3) is 5.62. The van der Waals surface area contributed by atoms with Crippen LogP contribution in [0.25, 0.3) is 5.57 Å². The van der Waals surface area contributed by atoms with Gasteiger partial charge in [0.1, 0.15) is 5.82 Å². The molecule has 3 aromatic rings. The van der Waals surface area contributed by atoms with Gasteiger partial charge in [-0.25, -0.2) is 4.39 Å². The normalized spacial score (nSPS) is 22.1. The molecule has 0 aromatic heterocycles. The van der Waals surface area contributed by atoms with Gasteiger partial charge in [0.15, 0.2) is 0 Å². The molecule has 3 atom stereocenters. The lowest BCUT2D eigenvalue weighted by Crippen LogP contribution is -2.46. The number of fused-ring (bicyclic) bond motifs is 1. The van der Waals surface area contributed by atoms with E-state index in [0.29, 0.717) is 24.9 Å². The minimum atomic E-state index is -0.538. The second kappa shape index (κ2) is 12.0. The first-order valence-corrected chi connectivity index (χ1v) is 15.4. The second-order valence-corrected chi connectivity index (χ2v) is 12.4. The van der Waals surface area contributed by atoms with Crippen LogP contribution in [0.15, 0.2) is 66.7 Å². The molecule has 218 valence electrons. The predicted molar refractivity (Wildman–Crippen MR) is 166 cm³/mol. The highest BCUT2D eigenvalue weighted by atomic mass is 35.5. The molecule has 3 aliphatic rings. The number of nitrogens with zero attached hydrogens (tertiary/aromatic N) is 2. The Morgan fingerprint density at radius 2 is 1.79 bits per heavy atom. The average molecular weight is 586 g/mol. The molecule has 1 N–H and O–H groups in total. The van der Waals surface area contributed by atoms with Crippen LogP contribution in [0.2, 0.25) is 0 Å². The second-order valence-electron chi connectivity index (χ2n) is 11.9. The van der Waals surface area contributed by atoms with Gasteiger partial charge in [-0.3, -0.25) is 14.5 Å². The number of hydrogen-bond acceptors (Lipinski definition) is 3. The number of rotatable bonds is 6. The number of nitrogens with one attached hydrogen (secondary N) is 1. The number of benzene rings is 3. The Labute approximate surface area is 252 Å². The SMILES string of the molecule is CC1=CCc2ccc(NC(=O)[C@H]3CCCN(C(=O)c4c(C)cccc4F)[C@H]3c3ccc(CN4CCCC4Cl)cc3)cc21. The van der Waals surface area contributed by atoms with Crippen LogP contribution in [0.4, 0.5) is 10.1 Å². The van der Waals surface area contributed by atoms with E-state index in [4.69, 9.17) is 11.6 Å². The van der Waals surface area contributed by atoms with Crippen LogP contribution in [0, 0.1) is 18.7 Å². The molecular weight excluding hydrogens is 549 g/mol. The number of allylic oxidation sites excluding steroid dienone is 2. The third-order valence-corrected chi connectivity index (χ3v) is 9.58. The molecule has 0 radical (unpaired) electrons. The first kappa shape index (κ1) is 28.6. The van der Waals surface area contributed by atoms with Gasteiger partial charge in [0, 0.05) is 18.8 Å². The van der Waals surface area contributed by atoms with Gasteiger partial charge in [0.2, 0.25) is 5.91 Å². The van der Waals surface area contributed by atoms with Crippen LogP contribution < -0.4 is 5.32 Å². The Kier molecular flexibility index (Phi) is 8.19. The largest absolute Gasteiger partial charge is 0.331 e. The zero-order chi connectivity index (χ0) is 29.4. The van der Waals surface area contributed by atoms with Crippen LogP contribution in [-0.4, -0.2) is 40.2 Å². The summed E-state index contributed by atoms with van der Waals surface area (Å²) < 4.78 is 15.0. The van der Waals surface area contributed by atoms with E-state index in [1.807, 2.05) is 24.3 Å². The lowest BCUT2D eigenvalue weighted by atomic mass is 9.83. The van der Waals surface area contributed by atoms with Crippen molar-refractivity contribution in [3.63, 3.8) is 0 Å². The number of anilines is 1. The lowest BCUT2D eigenvalue weighted by Gasteiger charge is -2.41. The van der Waals surface area contributed by atoms with Gasteiger partial charge in [-0.1, -0.05) is 48.5 Å². The Hall–Kier alpha value is -3.48. The van der Waals surface area contributed by atoms with Gasteiger partial charge in [-0.05, 0) is 104 Å². The van der Waals surface area contributed by atoms with E-state index in [-0.39, 0.29) is 22.9 Å². The molecule has 2 saturated heterocycles. The molecule has 1 unspecified atom stereocenters. The molecule has 2 heterocycles. The summed E-state index contributed by atoms with van der Waals surface area (Å²) in [5.74, 6) is -1.54. The molecule has 2 fully saturated rings. The number of hydrogen-bond donors (Lipinski definition) is 1. The Balaban J connectivity index is 1.31. The molecule has 0 spiro atoms. The number of halogens is 2. The van der Waals surface area contributed by atoms with Crippen molar-refractivity contribution in [2.75, 3.05) is 18.4 Å². The van der Waals surface area contributed by atoms with E-state index in [2.05, 4.69) is 41.4 Å². The average Bonchev–Trinajstić information content (AvgIpc) is 3.57. The van der Waals surface area contributed by atoms with Gasteiger partial charge >= 0.3 is 0 Å². The van der Waals surface area contributed by atoms with Gasteiger partial charge in [-0.15, -0.1) is 11.6 Å². The molecule has 3 aromatic carbocycles. The van der Waals surface area contributed by atoms with Gasteiger partial charge in [0.25, 0.3) is 5.91 Å². The summed E-state index contributed by atoms with van der Waals surface area (Å²) in [5, 5.41) is 3.15. The minimum Gasteiger partial charge on any atom is -0.331 e. The number of likely N-dealkylation sites (tertiary alicyclic amines) is 2. The van der Waals surface area contributed by atoms with E-state index >= 15 is 4.39 Å². The van der Waals surface area contributed by atoms with Gasteiger partial charge < -0.3 is 10.2 Å². The minimum absolute atomic E-state index is 0.0479. The van der Waals surface area contributed by atoms with E-state index < -0.39 is 17.8 Å². The summed E-state index contributed by atoms with van der Waals surface area (Å²) in [6.07, 6.45) is 6.48. The highest BCUT2D eigenvalue weighted by Gasteiger charge is 2.40. The fourth-order valence-electron chi connectivity index (χ4n) is 6.78. The maximum absolute atomic E-state index is 15.0. The third-order valence-electron chi connectivity index (χ3n) is 9.09. The van der Waals surface area contributed by atoms with E-state index in [0.717, 1.165) is 54.7 Å². The summed E-state index contributed by atoms with van der Waals surface area (Å²) in [7, 11) is 0. The molecule has 2 aliphatic heterocycles. The van der Waals surface area contributed by atoms with Crippen molar-refractivity contribution in [2.24, 2.45) is 5.92 Å². The van der Waals surface area contributed by atoms with Crippen LogP contribution in [0.3, 0.4) is 0 Å². The molecule has 7 heteroatoms. The molecule has 6 rings (SSSR count). The Morgan fingerprint density at radius 3 is 2.52 bits per heavy atom. The number of alkyl halides is 1. The lowest BCUT2D eigenvalue weighted by molar-refractivity contribution is -0.123. The van der Waals surface area contributed by atoms with E-state index in [9.17, 15) is 9.59 Å². The summed E-state index contributed by atoms with van der Waals surface area (Å²) in [5.41, 5.74) is 7.09. The Morgan fingerprint density at radius 1 is 1.00 bits per heavy atom. The summed E-state index contributed by atoms with van der Waals surface area (Å²) in [4.78, 5) is 31.9. The number of carbonyl (C=O) groups is 2. The quantitative estimate of drug-likeness (QED) is 0.241. The predicted octanol–water partition coefficient (Wildman–Crippen LogP) is 7.49. The van der Waals surface area contributed by atoms with Crippen molar-refractivity contribution in [1.82, 2.24) is 9.80 Å². The summed E-state index contributed by atoms with van der Waals surface area (Å²) >= 11 is 6.48. The molecular formula is C35H37ClFN3O2.